The summed E-state index contributed by atoms with van der Waals surface area (Å²) < 4.78 is 7.69. The molecule has 0 N–H and O–H groups in total. The van der Waals surface area contributed by atoms with E-state index in [0.29, 0.717) is 23.9 Å². The lowest BCUT2D eigenvalue weighted by Gasteiger charge is -2.17. The van der Waals surface area contributed by atoms with Crippen molar-refractivity contribution in [1.29, 1.82) is 0 Å². The fourth-order valence-electron chi connectivity index (χ4n) is 4.07. The Bertz CT molecular complexity index is 1380. The summed E-state index contributed by atoms with van der Waals surface area (Å²) >= 11 is 1.54. The molecule has 5 aromatic rings. The summed E-state index contributed by atoms with van der Waals surface area (Å²) in [5.74, 6) is 2.52. The minimum absolute atomic E-state index is 0.503. The lowest BCUT2D eigenvalue weighted by molar-refractivity contribution is 0.385. The van der Waals surface area contributed by atoms with Gasteiger partial charge in [0.2, 0.25) is 5.89 Å². The summed E-state index contributed by atoms with van der Waals surface area (Å²) in [4.78, 5) is 8.89. The Morgan fingerprint density at radius 1 is 0.886 bits per heavy atom. The van der Waals surface area contributed by atoms with Crippen molar-refractivity contribution in [2.45, 2.75) is 44.0 Å². The maximum Gasteiger partial charge on any atom is 0.237 e. The summed E-state index contributed by atoms with van der Waals surface area (Å²) in [5.41, 5.74) is 5.71. The lowest BCUT2D eigenvalue weighted by atomic mass is 10.0. The van der Waals surface area contributed by atoms with Crippen molar-refractivity contribution in [3.8, 4) is 17.1 Å². The van der Waals surface area contributed by atoms with Crippen LogP contribution in [0.2, 0.25) is 0 Å². The van der Waals surface area contributed by atoms with E-state index >= 15 is 0 Å². The van der Waals surface area contributed by atoms with Crippen molar-refractivity contribution in [3.05, 3.63) is 101 Å². The van der Waals surface area contributed by atoms with Gasteiger partial charge in [-0.3, -0.25) is 9.55 Å². The van der Waals surface area contributed by atoms with Crippen molar-refractivity contribution < 1.29 is 4.52 Å². The number of para-hydroxylation sites is 1. The van der Waals surface area contributed by atoms with Gasteiger partial charge < -0.3 is 4.52 Å². The van der Waals surface area contributed by atoms with Crippen LogP contribution >= 0.6 is 11.8 Å². The Balaban J connectivity index is 1.47. The number of thioether (sulfide) groups is 1. The zero-order valence-corrected chi connectivity index (χ0v) is 20.6. The van der Waals surface area contributed by atoms with E-state index in [2.05, 4.69) is 74.1 Å². The summed E-state index contributed by atoms with van der Waals surface area (Å²) in [6.45, 7) is 4.35. The molecule has 0 radical (unpaired) electrons. The highest BCUT2D eigenvalue weighted by Crippen LogP contribution is 2.33. The van der Waals surface area contributed by atoms with Crippen LogP contribution in [0.15, 0.2) is 82.7 Å². The van der Waals surface area contributed by atoms with Crippen LogP contribution in [0, 0.1) is 0 Å². The van der Waals surface area contributed by atoms with Crippen molar-refractivity contribution in [2.24, 2.45) is 0 Å². The zero-order valence-electron chi connectivity index (χ0n) is 19.8. The largest absolute Gasteiger partial charge is 0.338 e. The highest BCUT2D eigenvalue weighted by molar-refractivity contribution is 7.98. The molecule has 0 fully saturated rings. The molecule has 0 atom stereocenters. The van der Waals surface area contributed by atoms with Crippen molar-refractivity contribution in [1.82, 2.24) is 29.9 Å². The first-order valence-corrected chi connectivity index (χ1v) is 12.7. The molecule has 0 aliphatic carbocycles. The van der Waals surface area contributed by atoms with Crippen LogP contribution in [0.3, 0.4) is 0 Å². The molecule has 0 saturated carbocycles. The molecule has 2 aromatic carbocycles. The highest BCUT2D eigenvalue weighted by atomic mass is 32.2. The molecule has 7 nitrogen and oxygen atoms in total. The molecule has 3 aromatic heterocycles. The van der Waals surface area contributed by atoms with Crippen LogP contribution in [-0.4, -0.2) is 29.9 Å². The third kappa shape index (κ3) is 5.02. The Morgan fingerprint density at radius 2 is 1.69 bits per heavy atom. The van der Waals surface area contributed by atoms with Crippen LogP contribution in [0.4, 0.5) is 0 Å². The smallest absolute Gasteiger partial charge is 0.237 e. The maximum atomic E-state index is 5.54. The third-order valence-corrected chi connectivity index (χ3v) is 6.70. The lowest BCUT2D eigenvalue weighted by Crippen LogP contribution is -2.07. The van der Waals surface area contributed by atoms with Crippen LogP contribution < -0.4 is 0 Å². The number of aromatic nitrogens is 6. The van der Waals surface area contributed by atoms with Gasteiger partial charge in [0.15, 0.2) is 16.8 Å². The molecule has 0 bridgehead atoms. The fraction of sp³-hybridized carbons (Fsp3) is 0.222. The topological polar surface area (TPSA) is 82.5 Å². The predicted octanol–water partition coefficient (Wildman–Crippen LogP) is 5.72. The number of rotatable bonds is 9. The molecule has 0 aliphatic heterocycles. The summed E-state index contributed by atoms with van der Waals surface area (Å²) in [6, 6.07) is 20.5. The van der Waals surface area contributed by atoms with Gasteiger partial charge in [-0.25, -0.2) is 0 Å². The molecule has 0 aliphatic rings. The maximum absolute atomic E-state index is 5.54. The minimum Gasteiger partial charge on any atom is -0.338 e. The third-order valence-electron chi connectivity index (χ3n) is 5.78. The van der Waals surface area contributed by atoms with Crippen LogP contribution in [0.1, 0.15) is 42.3 Å². The average Bonchev–Trinajstić information content (AvgIpc) is 3.54. The molecule has 0 unspecified atom stereocenters. The first kappa shape index (κ1) is 23.0. The second-order valence-corrected chi connectivity index (χ2v) is 9.01. The van der Waals surface area contributed by atoms with Crippen LogP contribution in [0.5, 0.6) is 0 Å². The van der Waals surface area contributed by atoms with E-state index in [1.807, 2.05) is 36.5 Å². The van der Waals surface area contributed by atoms with Crippen LogP contribution in [-0.2, 0) is 25.0 Å². The summed E-state index contributed by atoms with van der Waals surface area (Å²) in [5, 5.41) is 14.1. The molecule has 0 amide bonds. The van der Waals surface area contributed by atoms with E-state index in [1.165, 1.54) is 11.1 Å². The van der Waals surface area contributed by atoms with Gasteiger partial charge in [0, 0.05) is 24.4 Å². The molecule has 8 heteroatoms. The van der Waals surface area contributed by atoms with Crippen molar-refractivity contribution in [2.75, 3.05) is 0 Å². The van der Waals surface area contributed by atoms with Gasteiger partial charge in [-0.1, -0.05) is 79.3 Å². The number of pyridine rings is 1. The number of hydrogen-bond donors (Lipinski definition) is 0. The Morgan fingerprint density at radius 3 is 2.40 bits per heavy atom. The SMILES string of the molecule is CCc1cccc(CC)c1-n1c(SCc2nc(Cc3ccccc3)no2)nnc1-c1cccnc1. The van der Waals surface area contributed by atoms with Gasteiger partial charge in [0.05, 0.1) is 11.4 Å². The van der Waals surface area contributed by atoms with Gasteiger partial charge in [-0.2, -0.15) is 4.98 Å². The summed E-state index contributed by atoms with van der Waals surface area (Å²) in [7, 11) is 0. The molecular formula is C27H26N6OS. The van der Waals surface area contributed by atoms with Gasteiger partial charge in [0.25, 0.3) is 0 Å². The fourth-order valence-corrected chi connectivity index (χ4v) is 4.85. The monoisotopic (exact) mass is 482 g/mol. The van der Waals surface area contributed by atoms with E-state index in [9.17, 15) is 0 Å². The Kier molecular flexibility index (Phi) is 6.99. The highest BCUT2D eigenvalue weighted by Gasteiger charge is 2.21. The number of nitrogens with zero attached hydrogens (tertiary/aromatic N) is 6. The zero-order chi connectivity index (χ0) is 24.0. The van der Waals surface area contributed by atoms with Gasteiger partial charge in [-0.15, -0.1) is 10.2 Å². The van der Waals surface area contributed by atoms with E-state index in [4.69, 9.17) is 4.52 Å². The van der Waals surface area contributed by atoms with E-state index in [-0.39, 0.29) is 0 Å². The first-order valence-electron chi connectivity index (χ1n) is 11.7. The first-order chi connectivity index (χ1) is 17.3. The molecule has 5 rings (SSSR count). The second kappa shape index (κ2) is 10.7. The average molecular weight is 483 g/mol. The summed E-state index contributed by atoms with van der Waals surface area (Å²) in [6.07, 6.45) is 6.04. The van der Waals surface area contributed by atoms with E-state index in [1.54, 1.807) is 18.0 Å². The standard InChI is InChI=1S/C27H26N6OS/c1-3-20-12-8-13-21(4-2)25(20)33-26(22-14-9-15-28-17-22)30-31-27(33)35-18-24-29-23(32-34-24)16-19-10-6-5-7-11-19/h5-15,17H,3-4,16,18H2,1-2H3. The van der Waals surface area contributed by atoms with Crippen LogP contribution in [0.25, 0.3) is 17.1 Å². The predicted molar refractivity (Wildman–Crippen MR) is 136 cm³/mol. The normalized spacial score (nSPS) is 11.1. The number of benzene rings is 2. The second-order valence-electron chi connectivity index (χ2n) is 8.07. The molecular weight excluding hydrogens is 456 g/mol. The van der Waals surface area contributed by atoms with Gasteiger partial charge in [-0.05, 0) is 41.7 Å². The Labute approximate surface area is 208 Å². The molecule has 3 heterocycles. The number of hydrogen-bond acceptors (Lipinski definition) is 7. The molecule has 176 valence electrons. The molecule has 35 heavy (non-hydrogen) atoms. The van der Waals surface area contributed by atoms with Crippen molar-refractivity contribution >= 4 is 11.8 Å². The van der Waals surface area contributed by atoms with E-state index in [0.717, 1.165) is 40.6 Å². The Hall–Kier alpha value is -3.78. The van der Waals surface area contributed by atoms with Crippen molar-refractivity contribution in [3.63, 3.8) is 0 Å². The minimum atomic E-state index is 0.503. The molecule has 0 saturated heterocycles. The number of aryl methyl sites for hydroxylation is 2. The van der Waals surface area contributed by atoms with E-state index < -0.39 is 0 Å². The quantitative estimate of drug-likeness (QED) is 0.248. The van der Waals surface area contributed by atoms with Gasteiger partial charge in [0.1, 0.15) is 0 Å². The van der Waals surface area contributed by atoms with Gasteiger partial charge >= 0.3 is 0 Å². The molecule has 0 spiro atoms.